The van der Waals surface area contributed by atoms with Crippen LogP contribution in [0.5, 0.6) is 5.75 Å². The molecule has 188 valence electrons. The normalized spacial score (nSPS) is 13.7. The number of carbonyl (C=O) groups is 2. The first-order chi connectivity index (χ1) is 17.3. The number of piperidine rings is 1. The van der Waals surface area contributed by atoms with E-state index in [4.69, 9.17) is 4.74 Å². The van der Waals surface area contributed by atoms with Crippen molar-refractivity contribution in [2.45, 2.75) is 25.7 Å². The van der Waals surface area contributed by atoms with Crippen molar-refractivity contribution < 1.29 is 23.1 Å². The molecule has 0 bridgehead atoms. The van der Waals surface area contributed by atoms with Gasteiger partial charge in [0.25, 0.3) is 0 Å². The number of hydrogen-bond donors (Lipinski definition) is 3. The molecule has 4 amide bonds. The molecule has 10 heteroatoms. The van der Waals surface area contributed by atoms with Gasteiger partial charge in [-0.3, -0.25) is 5.32 Å². The van der Waals surface area contributed by atoms with E-state index in [1.54, 1.807) is 18.1 Å². The van der Waals surface area contributed by atoms with E-state index in [1.807, 2.05) is 43.3 Å². The molecule has 1 fully saturated rings. The molecule has 2 aromatic carbocycles. The lowest BCUT2D eigenvalue weighted by Crippen LogP contribution is -2.40. The Morgan fingerprint density at radius 1 is 1.00 bits per heavy atom. The van der Waals surface area contributed by atoms with Gasteiger partial charge in [0.2, 0.25) is 0 Å². The Balaban J connectivity index is 1.28. The molecule has 1 aromatic heterocycles. The van der Waals surface area contributed by atoms with Crippen molar-refractivity contribution >= 4 is 29.3 Å². The molecule has 0 aliphatic carbocycles. The summed E-state index contributed by atoms with van der Waals surface area (Å²) in [5.41, 5.74) is 3.33. The summed E-state index contributed by atoms with van der Waals surface area (Å²) >= 11 is 0. The minimum absolute atomic E-state index is 0.245. The molecule has 3 aromatic rings. The third-order valence-corrected chi connectivity index (χ3v) is 6.06. The van der Waals surface area contributed by atoms with Crippen LogP contribution in [0, 0.1) is 18.6 Å². The molecule has 2 heterocycles. The van der Waals surface area contributed by atoms with E-state index in [-0.39, 0.29) is 17.8 Å². The average Bonchev–Trinajstić information content (AvgIpc) is 2.86. The van der Waals surface area contributed by atoms with Gasteiger partial charge in [-0.05, 0) is 61.1 Å². The first-order valence-corrected chi connectivity index (χ1v) is 11.5. The number of pyridine rings is 1. The fraction of sp³-hybridized carbons (Fsp3) is 0.269. The van der Waals surface area contributed by atoms with Crippen LogP contribution in [0.4, 0.5) is 35.6 Å². The monoisotopic (exact) mass is 495 g/mol. The maximum atomic E-state index is 13.8. The molecule has 36 heavy (non-hydrogen) atoms. The van der Waals surface area contributed by atoms with E-state index in [1.165, 1.54) is 0 Å². The van der Waals surface area contributed by atoms with E-state index in [9.17, 15) is 18.4 Å². The van der Waals surface area contributed by atoms with Crippen LogP contribution in [0.2, 0.25) is 0 Å². The van der Waals surface area contributed by atoms with Gasteiger partial charge in [0, 0.05) is 24.8 Å². The predicted octanol–water partition coefficient (Wildman–Crippen LogP) is 5.73. The summed E-state index contributed by atoms with van der Waals surface area (Å²) in [7, 11) is 1.55. The zero-order valence-corrected chi connectivity index (χ0v) is 20.0. The van der Waals surface area contributed by atoms with Crippen molar-refractivity contribution in [2.24, 2.45) is 0 Å². The number of aromatic nitrogens is 1. The lowest BCUT2D eigenvalue weighted by atomic mass is 9.89. The van der Waals surface area contributed by atoms with Crippen LogP contribution in [0.25, 0.3) is 0 Å². The van der Waals surface area contributed by atoms with Crippen molar-refractivity contribution in [3.05, 3.63) is 77.5 Å². The molecular weight excluding hydrogens is 468 g/mol. The topological polar surface area (TPSA) is 95.6 Å². The number of hydrogen-bond acceptors (Lipinski definition) is 4. The summed E-state index contributed by atoms with van der Waals surface area (Å²) in [4.78, 5) is 30.1. The fourth-order valence-corrected chi connectivity index (χ4v) is 4.15. The van der Waals surface area contributed by atoms with Gasteiger partial charge >= 0.3 is 12.1 Å². The maximum Gasteiger partial charge on any atom is 0.323 e. The highest BCUT2D eigenvalue weighted by molar-refractivity contribution is 6.00. The summed E-state index contributed by atoms with van der Waals surface area (Å²) in [6.45, 7) is 2.90. The van der Waals surface area contributed by atoms with Gasteiger partial charge < -0.3 is 20.3 Å². The molecule has 0 radical (unpaired) electrons. The van der Waals surface area contributed by atoms with Crippen LogP contribution in [-0.4, -0.2) is 42.1 Å². The van der Waals surface area contributed by atoms with Gasteiger partial charge in [-0.25, -0.2) is 23.4 Å². The number of nitrogens with one attached hydrogen (secondary N) is 3. The van der Waals surface area contributed by atoms with Gasteiger partial charge in [-0.1, -0.05) is 18.2 Å². The molecule has 1 aliphatic heterocycles. The quantitative estimate of drug-likeness (QED) is 0.421. The van der Waals surface area contributed by atoms with E-state index >= 15 is 0 Å². The first kappa shape index (κ1) is 24.9. The number of ether oxygens (including phenoxy) is 1. The van der Waals surface area contributed by atoms with Crippen molar-refractivity contribution in [1.82, 2.24) is 9.88 Å². The Morgan fingerprint density at radius 2 is 1.72 bits per heavy atom. The second kappa shape index (κ2) is 11.0. The number of rotatable bonds is 5. The summed E-state index contributed by atoms with van der Waals surface area (Å²) in [6, 6.07) is 13.0. The fourth-order valence-electron chi connectivity index (χ4n) is 4.15. The minimum Gasteiger partial charge on any atom is -0.495 e. The molecule has 3 N–H and O–H groups in total. The standard InChI is InChI=1S/C26H27F2N5O3/c1-16-3-8-23(36-2)22(13-16)31-25(34)30-20-6-4-17(5-7-20)18-9-11-33(12-10-18)26(35)32-24-21(28)14-19(27)15-29-24/h3-8,13-15,18H,9-12H2,1-2H3,(H,29,32,35)(H2,30,31,34). The highest BCUT2D eigenvalue weighted by Gasteiger charge is 2.25. The second-order valence-corrected chi connectivity index (χ2v) is 8.58. The predicted molar refractivity (Wildman–Crippen MR) is 134 cm³/mol. The highest BCUT2D eigenvalue weighted by Crippen LogP contribution is 2.30. The van der Waals surface area contributed by atoms with Crippen LogP contribution in [0.1, 0.15) is 29.9 Å². The van der Waals surface area contributed by atoms with E-state index in [0.29, 0.717) is 36.3 Å². The average molecular weight is 496 g/mol. The Kier molecular flexibility index (Phi) is 7.62. The van der Waals surface area contributed by atoms with Crippen LogP contribution in [-0.2, 0) is 0 Å². The van der Waals surface area contributed by atoms with Crippen LogP contribution >= 0.6 is 0 Å². The number of likely N-dealkylation sites (tertiary alicyclic amines) is 1. The second-order valence-electron chi connectivity index (χ2n) is 8.58. The number of amides is 4. The molecule has 0 atom stereocenters. The summed E-state index contributed by atoms with van der Waals surface area (Å²) in [5, 5.41) is 8.02. The molecule has 1 saturated heterocycles. The molecule has 0 unspecified atom stereocenters. The SMILES string of the molecule is COc1ccc(C)cc1NC(=O)Nc1ccc(C2CCN(C(=O)Nc3ncc(F)cc3F)CC2)cc1. The number of aryl methyl sites for hydroxylation is 1. The number of anilines is 3. The number of methoxy groups -OCH3 is 1. The van der Waals surface area contributed by atoms with Crippen LogP contribution in [0.15, 0.2) is 54.7 Å². The maximum absolute atomic E-state index is 13.8. The third kappa shape index (κ3) is 6.07. The highest BCUT2D eigenvalue weighted by atomic mass is 19.1. The zero-order chi connectivity index (χ0) is 25.7. The molecule has 0 spiro atoms. The molecule has 8 nitrogen and oxygen atoms in total. The van der Waals surface area contributed by atoms with Crippen molar-refractivity contribution in [2.75, 3.05) is 36.1 Å². The number of benzene rings is 2. The van der Waals surface area contributed by atoms with Crippen molar-refractivity contribution in [3.8, 4) is 5.75 Å². The van der Waals surface area contributed by atoms with E-state index in [0.717, 1.165) is 30.2 Å². The van der Waals surface area contributed by atoms with E-state index in [2.05, 4.69) is 20.9 Å². The molecule has 0 saturated carbocycles. The van der Waals surface area contributed by atoms with Crippen molar-refractivity contribution in [1.29, 1.82) is 0 Å². The Hall–Kier alpha value is -4.21. The number of urea groups is 2. The summed E-state index contributed by atoms with van der Waals surface area (Å²) < 4.78 is 32.1. The molecule has 4 rings (SSSR count). The number of halogens is 2. The summed E-state index contributed by atoms with van der Waals surface area (Å²) in [6.07, 6.45) is 2.31. The largest absolute Gasteiger partial charge is 0.495 e. The Labute approximate surface area is 207 Å². The van der Waals surface area contributed by atoms with Gasteiger partial charge in [0.05, 0.1) is 19.0 Å². The van der Waals surface area contributed by atoms with Gasteiger partial charge in [0.1, 0.15) is 11.6 Å². The van der Waals surface area contributed by atoms with E-state index < -0.39 is 17.7 Å². The van der Waals surface area contributed by atoms with Gasteiger partial charge in [-0.2, -0.15) is 0 Å². The lowest BCUT2D eigenvalue weighted by Gasteiger charge is -2.32. The first-order valence-electron chi connectivity index (χ1n) is 11.5. The van der Waals surface area contributed by atoms with Crippen LogP contribution in [0.3, 0.4) is 0 Å². The molecule has 1 aliphatic rings. The van der Waals surface area contributed by atoms with Gasteiger partial charge in [0.15, 0.2) is 11.6 Å². The zero-order valence-electron chi connectivity index (χ0n) is 20.0. The molecular formula is C26H27F2N5O3. The number of carbonyl (C=O) groups excluding carboxylic acids is 2. The smallest absolute Gasteiger partial charge is 0.323 e. The Bertz CT molecular complexity index is 1240. The van der Waals surface area contributed by atoms with Crippen LogP contribution < -0.4 is 20.7 Å². The minimum atomic E-state index is -0.918. The van der Waals surface area contributed by atoms with Crippen molar-refractivity contribution in [3.63, 3.8) is 0 Å². The Morgan fingerprint density at radius 3 is 2.39 bits per heavy atom. The number of nitrogens with zero attached hydrogens (tertiary/aromatic N) is 2. The van der Waals surface area contributed by atoms with Gasteiger partial charge in [-0.15, -0.1) is 0 Å². The summed E-state index contributed by atoms with van der Waals surface area (Å²) in [5.74, 6) is -1.20. The lowest BCUT2D eigenvalue weighted by molar-refractivity contribution is 0.194. The third-order valence-electron chi connectivity index (χ3n) is 6.06.